The molecule has 0 unspecified atom stereocenters. The molecule has 0 saturated heterocycles. The maximum absolute atomic E-state index is 11.7. The van der Waals surface area contributed by atoms with Gasteiger partial charge in [0.15, 0.2) is 10.8 Å². The van der Waals surface area contributed by atoms with Gasteiger partial charge in [0.25, 0.3) is 10.0 Å². The van der Waals surface area contributed by atoms with Gasteiger partial charge in [0, 0.05) is 0 Å². The third kappa shape index (κ3) is 1.72. The number of nitrogens with two attached hydrogens (primary N) is 1. The van der Waals surface area contributed by atoms with Gasteiger partial charge >= 0.3 is 0 Å². The quantitative estimate of drug-likeness (QED) is 0.593. The summed E-state index contributed by atoms with van der Waals surface area (Å²) in [5, 5.41) is 6.26. The van der Waals surface area contributed by atoms with Crippen molar-refractivity contribution in [2.45, 2.75) is 11.9 Å². The number of hydrogen-bond donors (Lipinski definition) is 4. The zero-order valence-electron chi connectivity index (χ0n) is 8.35. The van der Waals surface area contributed by atoms with Crippen LogP contribution in [-0.4, -0.2) is 28.6 Å². The molecule has 9 heteroatoms. The lowest BCUT2D eigenvalue weighted by Crippen LogP contribution is -2.14. The number of nitrogens with zero attached hydrogens (tertiary/aromatic N) is 2. The smallest absolute Gasteiger partial charge is 0.280 e. The van der Waals surface area contributed by atoms with Crippen LogP contribution < -0.4 is 10.5 Å². The molecular formula is C7H10N6O2S. The Morgan fingerprint density at radius 2 is 2.25 bits per heavy atom. The highest BCUT2D eigenvalue weighted by Gasteiger charge is 2.19. The molecular weight excluding hydrogens is 232 g/mol. The summed E-state index contributed by atoms with van der Waals surface area (Å²) in [6.07, 6.45) is 2.46. The van der Waals surface area contributed by atoms with Crippen LogP contribution in [0.25, 0.3) is 0 Å². The van der Waals surface area contributed by atoms with E-state index in [4.69, 9.17) is 5.73 Å². The van der Waals surface area contributed by atoms with Crippen LogP contribution in [0.1, 0.15) is 5.69 Å². The van der Waals surface area contributed by atoms with Gasteiger partial charge < -0.3 is 10.7 Å². The van der Waals surface area contributed by atoms with E-state index in [1.54, 1.807) is 6.92 Å². The minimum Gasteiger partial charge on any atom is -0.394 e. The van der Waals surface area contributed by atoms with E-state index in [9.17, 15) is 8.42 Å². The summed E-state index contributed by atoms with van der Waals surface area (Å²) in [5.41, 5.74) is 6.48. The highest BCUT2D eigenvalue weighted by molar-refractivity contribution is 7.92. The number of aromatic nitrogens is 4. The molecule has 86 valence electrons. The van der Waals surface area contributed by atoms with Crippen molar-refractivity contribution in [3.63, 3.8) is 0 Å². The van der Waals surface area contributed by atoms with E-state index < -0.39 is 10.0 Å². The Bertz CT molecular complexity index is 584. The first-order chi connectivity index (χ1) is 7.50. The Kier molecular flexibility index (Phi) is 2.31. The minimum absolute atomic E-state index is 0.0486. The van der Waals surface area contributed by atoms with Gasteiger partial charge in [-0.1, -0.05) is 0 Å². The van der Waals surface area contributed by atoms with Crippen molar-refractivity contribution < 1.29 is 8.42 Å². The number of rotatable bonds is 3. The molecule has 0 atom stereocenters. The fraction of sp³-hybridized carbons (Fsp3) is 0.143. The fourth-order valence-electron chi connectivity index (χ4n) is 1.09. The summed E-state index contributed by atoms with van der Waals surface area (Å²) in [7, 11) is -3.71. The van der Waals surface area contributed by atoms with E-state index in [0.29, 0.717) is 5.69 Å². The van der Waals surface area contributed by atoms with Crippen molar-refractivity contribution in [2.24, 2.45) is 0 Å². The average Bonchev–Trinajstić information content (AvgIpc) is 2.83. The summed E-state index contributed by atoms with van der Waals surface area (Å²) in [6, 6.07) is 0. The van der Waals surface area contributed by atoms with Gasteiger partial charge in [-0.15, -0.1) is 0 Å². The van der Waals surface area contributed by atoms with E-state index in [1.807, 2.05) is 0 Å². The number of hydrogen-bond acceptors (Lipinski definition) is 5. The molecule has 2 heterocycles. The van der Waals surface area contributed by atoms with Crippen molar-refractivity contribution >= 4 is 21.5 Å². The van der Waals surface area contributed by atoms with Crippen molar-refractivity contribution in [2.75, 3.05) is 10.5 Å². The van der Waals surface area contributed by atoms with Gasteiger partial charge in [0.05, 0.1) is 23.9 Å². The fourth-order valence-corrected chi connectivity index (χ4v) is 2.02. The first-order valence-corrected chi connectivity index (χ1v) is 5.80. The molecule has 16 heavy (non-hydrogen) atoms. The van der Waals surface area contributed by atoms with Gasteiger partial charge in [0.2, 0.25) is 0 Å². The molecule has 5 N–H and O–H groups in total. The summed E-state index contributed by atoms with van der Waals surface area (Å²) < 4.78 is 25.7. The van der Waals surface area contributed by atoms with Gasteiger partial charge in [-0.3, -0.25) is 9.82 Å². The molecule has 0 aliphatic rings. The van der Waals surface area contributed by atoms with Gasteiger partial charge in [-0.2, -0.15) is 13.5 Å². The van der Waals surface area contributed by atoms with Crippen LogP contribution in [0, 0.1) is 6.92 Å². The Hall–Kier alpha value is -2.03. The maximum atomic E-state index is 11.7. The predicted molar refractivity (Wildman–Crippen MR) is 57.1 cm³/mol. The Morgan fingerprint density at radius 3 is 2.75 bits per heavy atom. The van der Waals surface area contributed by atoms with Crippen LogP contribution in [0.5, 0.6) is 0 Å². The molecule has 0 saturated carbocycles. The summed E-state index contributed by atoms with van der Waals surface area (Å²) >= 11 is 0. The second-order valence-electron chi connectivity index (χ2n) is 3.13. The summed E-state index contributed by atoms with van der Waals surface area (Å²) in [5.74, 6) is 0.0760. The first-order valence-electron chi connectivity index (χ1n) is 4.32. The van der Waals surface area contributed by atoms with Crippen molar-refractivity contribution in [1.29, 1.82) is 0 Å². The van der Waals surface area contributed by atoms with Gasteiger partial charge in [0.1, 0.15) is 0 Å². The third-order valence-corrected chi connectivity index (χ3v) is 3.25. The number of imidazole rings is 1. The van der Waals surface area contributed by atoms with E-state index in [1.165, 1.54) is 12.5 Å². The lowest BCUT2D eigenvalue weighted by Gasteiger charge is -2.03. The highest BCUT2D eigenvalue weighted by Crippen LogP contribution is 2.20. The number of nitrogens with one attached hydrogen (secondary N) is 3. The van der Waals surface area contributed by atoms with E-state index in [-0.39, 0.29) is 16.5 Å². The number of aryl methyl sites for hydroxylation is 1. The van der Waals surface area contributed by atoms with Crippen LogP contribution in [-0.2, 0) is 10.0 Å². The second kappa shape index (κ2) is 3.52. The first kappa shape index (κ1) is 10.5. The monoisotopic (exact) mass is 242 g/mol. The molecule has 0 radical (unpaired) electrons. The maximum Gasteiger partial charge on any atom is 0.280 e. The van der Waals surface area contributed by atoms with Crippen LogP contribution in [0.3, 0.4) is 0 Å². The van der Waals surface area contributed by atoms with Crippen LogP contribution >= 0.6 is 0 Å². The predicted octanol–water partition coefficient (Wildman–Crippen LogP) is -0.176. The molecule has 2 rings (SSSR count). The zero-order chi connectivity index (χ0) is 11.8. The number of nitrogen functional groups attached to an aromatic ring is 1. The topological polar surface area (TPSA) is 130 Å². The van der Waals surface area contributed by atoms with Crippen LogP contribution in [0.15, 0.2) is 17.6 Å². The number of aromatic amines is 2. The lowest BCUT2D eigenvalue weighted by molar-refractivity contribution is 0.598. The van der Waals surface area contributed by atoms with Crippen molar-refractivity contribution in [3.05, 3.63) is 18.2 Å². The van der Waals surface area contributed by atoms with Crippen LogP contribution in [0.4, 0.5) is 11.5 Å². The van der Waals surface area contributed by atoms with Crippen molar-refractivity contribution in [1.82, 2.24) is 20.2 Å². The van der Waals surface area contributed by atoms with E-state index in [0.717, 1.165) is 0 Å². The largest absolute Gasteiger partial charge is 0.394 e. The Balaban J connectivity index is 2.32. The molecule has 2 aromatic rings. The second-order valence-corrected chi connectivity index (χ2v) is 4.78. The van der Waals surface area contributed by atoms with Crippen molar-refractivity contribution in [3.8, 4) is 0 Å². The zero-order valence-corrected chi connectivity index (χ0v) is 9.17. The third-order valence-electron chi connectivity index (χ3n) is 1.99. The Labute approximate surface area is 91.3 Å². The Morgan fingerprint density at radius 1 is 1.50 bits per heavy atom. The number of sulfonamides is 1. The molecule has 0 amide bonds. The number of anilines is 2. The summed E-state index contributed by atoms with van der Waals surface area (Å²) in [4.78, 5) is 6.11. The van der Waals surface area contributed by atoms with Crippen LogP contribution in [0.2, 0.25) is 0 Å². The molecule has 0 bridgehead atoms. The standard InChI is InChI=1S/C7H10N6O2S/c1-4-6(8)7(12-11-4)13-16(14,15)5-2-9-3-10-5/h2-3H,8H2,1H3,(H,9,10)(H2,11,12,13). The average molecular weight is 242 g/mol. The van der Waals surface area contributed by atoms with E-state index >= 15 is 0 Å². The minimum atomic E-state index is -3.71. The molecule has 0 fully saturated rings. The lowest BCUT2D eigenvalue weighted by atomic mass is 10.4. The van der Waals surface area contributed by atoms with Gasteiger partial charge in [-0.05, 0) is 6.92 Å². The molecule has 0 spiro atoms. The molecule has 2 aromatic heterocycles. The SMILES string of the molecule is Cc1[nH]nc(NS(=O)(=O)c2cnc[nH]2)c1N. The normalized spacial score (nSPS) is 11.6. The molecule has 0 aliphatic carbocycles. The summed E-state index contributed by atoms with van der Waals surface area (Å²) in [6.45, 7) is 1.69. The highest BCUT2D eigenvalue weighted by atomic mass is 32.2. The van der Waals surface area contributed by atoms with Gasteiger partial charge in [-0.25, -0.2) is 4.98 Å². The number of H-pyrrole nitrogens is 2. The molecule has 8 nitrogen and oxygen atoms in total. The molecule has 0 aliphatic heterocycles. The molecule has 0 aromatic carbocycles. The van der Waals surface area contributed by atoms with E-state index in [2.05, 4.69) is 24.9 Å².